The number of aliphatic imine (C=N–C) groups is 1. The molecule has 172 valence electrons. The van der Waals surface area contributed by atoms with Crippen LogP contribution in [0.5, 0.6) is 0 Å². The second-order valence-electron chi connectivity index (χ2n) is 8.31. The Morgan fingerprint density at radius 1 is 1.28 bits per heavy atom. The summed E-state index contributed by atoms with van der Waals surface area (Å²) in [5.74, 6) is -0.305. The minimum absolute atomic E-state index is 0.00724. The molecule has 2 aromatic heterocycles. The van der Waals surface area contributed by atoms with Crippen molar-refractivity contribution in [2.45, 2.75) is 51.2 Å². The zero-order valence-electron chi connectivity index (χ0n) is 17.8. The van der Waals surface area contributed by atoms with E-state index in [1.54, 1.807) is 23.7 Å². The van der Waals surface area contributed by atoms with Crippen LogP contribution in [0.3, 0.4) is 0 Å². The second-order valence-corrected chi connectivity index (χ2v) is 8.67. The Bertz CT molecular complexity index is 1050. The fourth-order valence-electron chi connectivity index (χ4n) is 4.21. The summed E-state index contributed by atoms with van der Waals surface area (Å²) in [7, 11) is 0. The van der Waals surface area contributed by atoms with Crippen LogP contribution >= 0.6 is 12.2 Å². The van der Waals surface area contributed by atoms with Crippen molar-refractivity contribution in [3.63, 3.8) is 0 Å². The molecule has 0 radical (unpaired) electrons. The van der Waals surface area contributed by atoms with Crippen molar-refractivity contribution in [3.05, 3.63) is 30.0 Å². The van der Waals surface area contributed by atoms with Crippen molar-refractivity contribution < 1.29 is 13.2 Å². The Balaban J connectivity index is 1.44. The van der Waals surface area contributed by atoms with Gasteiger partial charge in [-0.2, -0.15) is 18.2 Å². The Hall–Kier alpha value is -2.69. The third-order valence-electron chi connectivity index (χ3n) is 5.95. The van der Waals surface area contributed by atoms with E-state index in [-0.39, 0.29) is 18.9 Å². The van der Waals surface area contributed by atoms with Gasteiger partial charge >= 0.3 is 6.18 Å². The minimum Gasteiger partial charge on any atom is -0.387 e. The van der Waals surface area contributed by atoms with Crippen LogP contribution in [0.4, 0.5) is 19.1 Å². The summed E-state index contributed by atoms with van der Waals surface area (Å²) in [5, 5.41) is 8.41. The van der Waals surface area contributed by atoms with Crippen molar-refractivity contribution in [2.24, 2.45) is 16.6 Å². The molecular weight excluding hydrogens is 439 g/mol. The average molecular weight is 466 g/mol. The normalized spacial score (nSPS) is 21.0. The first-order valence-corrected chi connectivity index (χ1v) is 11.1. The number of likely N-dealkylation sites (tertiary alicyclic amines) is 1. The summed E-state index contributed by atoms with van der Waals surface area (Å²) in [6, 6.07) is 3.93. The average Bonchev–Trinajstić information content (AvgIpc) is 3.15. The number of nitrogens with one attached hydrogen (secondary N) is 1. The summed E-state index contributed by atoms with van der Waals surface area (Å²) in [6.07, 6.45) is 1.54. The van der Waals surface area contributed by atoms with Crippen LogP contribution in [0.2, 0.25) is 0 Å². The number of halogens is 3. The number of anilines is 1. The van der Waals surface area contributed by atoms with Gasteiger partial charge in [0, 0.05) is 30.9 Å². The number of hydrogen-bond donors (Lipinski definition) is 2. The topological polar surface area (TPSA) is 83.8 Å². The maximum atomic E-state index is 13.0. The molecule has 3 N–H and O–H groups in total. The van der Waals surface area contributed by atoms with Gasteiger partial charge < -0.3 is 16.0 Å². The molecule has 32 heavy (non-hydrogen) atoms. The second kappa shape index (κ2) is 9.05. The summed E-state index contributed by atoms with van der Waals surface area (Å²) >= 11 is 5.31. The number of fused-ring (bicyclic) bond motifs is 1. The molecule has 11 heteroatoms. The van der Waals surface area contributed by atoms with Crippen LogP contribution in [0.25, 0.3) is 11.2 Å². The predicted molar refractivity (Wildman–Crippen MR) is 122 cm³/mol. The smallest absolute Gasteiger partial charge is 0.387 e. The minimum atomic E-state index is -4.14. The van der Waals surface area contributed by atoms with Crippen molar-refractivity contribution in [3.8, 4) is 0 Å². The lowest BCUT2D eigenvalue weighted by molar-refractivity contribution is -0.175. The van der Waals surface area contributed by atoms with E-state index in [1.807, 2.05) is 17.0 Å². The van der Waals surface area contributed by atoms with E-state index in [1.165, 1.54) is 0 Å². The molecule has 1 unspecified atom stereocenters. The summed E-state index contributed by atoms with van der Waals surface area (Å²) in [6.45, 7) is 3.24. The van der Waals surface area contributed by atoms with E-state index in [4.69, 9.17) is 18.0 Å². The Morgan fingerprint density at radius 2 is 2.03 bits per heavy atom. The molecule has 7 nitrogen and oxygen atoms in total. The maximum Gasteiger partial charge on any atom is 0.392 e. The molecule has 0 aromatic carbocycles. The lowest BCUT2D eigenvalue weighted by Crippen LogP contribution is -2.41. The number of alkyl halides is 3. The highest BCUT2D eigenvalue weighted by atomic mass is 32.1. The van der Waals surface area contributed by atoms with Gasteiger partial charge in [-0.05, 0) is 69.0 Å². The quantitative estimate of drug-likeness (QED) is 0.405. The molecule has 3 heterocycles. The largest absolute Gasteiger partial charge is 0.392 e. The Labute approximate surface area is 189 Å². The molecule has 1 aliphatic heterocycles. The number of piperidine rings is 1. The van der Waals surface area contributed by atoms with Crippen LogP contribution in [-0.2, 0) is 0 Å². The van der Waals surface area contributed by atoms with E-state index in [0.717, 1.165) is 37.1 Å². The fraction of sp³-hybridized carbons (Fsp3) is 0.524. The number of nitrogens with two attached hydrogens (primary N) is 1. The standard InChI is InChI=1S/C21H26F3N7S/c1-13(25)26-20(32)30-11-8-16(9-12-30)27-19-28-18-17(3-2-10-31(18)29-19)14-4-6-15(7-5-14)21(22,23)24/h2-4,10,15-16H,5-9,11-12H2,1H3,(H,27,29)(H2,25,26,32). The van der Waals surface area contributed by atoms with Crippen molar-refractivity contribution in [1.82, 2.24) is 19.5 Å². The van der Waals surface area contributed by atoms with E-state index in [0.29, 0.717) is 29.0 Å². The number of amidine groups is 1. The predicted octanol–water partition coefficient (Wildman–Crippen LogP) is 4.01. The van der Waals surface area contributed by atoms with Gasteiger partial charge in [0.2, 0.25) is 5.95 Å². The first-order chi connectivity index (χ1) is 15.2. The third-order valence-corrected chi connectivity index (χ3v) is 6.30. The molecule has 1 aliphatic carbocycles. The van der Waals surface area contributed by atoms with Crippen LogP contribution in [-0.4, -0.2) is 55.8 Å². The zero-order chi connectivity index (χ0) is 22.9. The number of thiocarbonyl (C=S) groups is 1. The summed E-state index contributed by atoms with van der Waals surface area (Å²) < 4.78 is 40.6. The van der Waals surface area contributed by atoms with Crippen molar-refractivity contribution in [1.29, 1.82) is 0 Å². The van der Waals surface area contributed by atoms with Gasteiger partial charge in [0.05, 0.1) is 11.8 Å². The Kier molecular flexibility index (Phi) is 6.36. The summed E-state index contributed by atoms with van der Waals surface area (Å²) in [4.78, 5) is 10.8. The lowest BCUT2D eigenvalue weighted by Gasteiger charge is -2.32. The summed E-state index contributed by atoms with van der Waals surface area (Å²) in [5.41, 5.74) is 7.99. The fourth-order valence-corrected chi connectivity index (χ4v) is 4.54. The first-order valence-electron chi connectivity index (χ1n) is 10.7. The molecule has 0 bridgehead atoms. The monoisotopic (exact) mass is 465 g/mol. The molecule has 2 aromatic rings. The molecule has 0 saturated carbocycles. The van der Waals surface area contributed by atoms with Crippen LogP contribution in [0.15, 0.2) is 29.4 Å². The van der Waals surface area contributed by atoms with E-state index >= 15 is 0 Å². The highest BCUT2D eigenvalue weighted by molar-refractivity contribution is 7.80. The highest BCUT2D eigenvalue weighted by Crippen LogP contribution is 2.40. The number of allylic oxidation sites excluding steroid dienone is 2. The van der Waals surface area contributed by atoms with Gasteiger partial charge in [0.1, 0.15) is 0 Å². The van der Waals surface area contributed by atoms with Gasteiger partial charge in [0.15, 0.2) is 10.8 Å². The zero-order valence-corrected chi connectivity index (χ0v) is 18.6. The molecule has 1 atom stereocenters. The molecule has 2 aliphatic rings. The van der Waals surface area contributed by atoms with Crippen LogP contribution in [0.1, 0.15) is 44.6 Å². The number of hydrogen-bond acceptors (Lipinski definition) is 4. The molecule has 0 amide bonds. The number of pyridine rings is 1. The third kappa shape index (κ3) is 5.03. The first kappa shape index (κ1) is 22.5. The molecule has 1 saturated heterocycles. The van der Waals surface area contributed by atoms with E-state index in [2.05, 4.69) is 20.4 Å². The van der Waals surface area contributed by atoms with Crippen LogP contribution < -0.4 is 11.1 Å². The van der Waals surface area contributed by atoms with Gasteiger partial charge in [-0.15, -0.1) is 5.10 Å². The SMILES string of the molecule is C/C(N)=N/C(=S)N1CCC(Nc2nc3c(C4=CCC(C(F)(F)F)CC4)cccn3n2)CC1. The molecule has 0 spiro atoms. The van der Waals surface area contributed by atoms with E-state index in [9.17, 15) is 13.2 Å². The van der Waals surface area contributed by atoms with Gasteiger partial charge in [-0.3, -0.25) is 0 Å². The highest BCUT2D eigenvalue weighted by Gasteiger charge is 2.39. The lowest BCUT2D eigenvalue weighted by atomic mass is 9.86. The van der Waals surface area contributed by atoms with Crippen LogP contribution in [0, 0.1) is 5.92 Å². The van der Waals surface area contributed by atoms with Gasteiger partial charge in [-0.25, -0.2) is 9.51 Å². The van der Waals surface area contributed by atoms with Crippen molar-refractivity contribution >= 4 is 40.3 Å². The molecular formula is C21H26F3N7S. The Morgan fingerprint density at radius 3 is 2.66 bits per heavy atom. The molecule has 4 rings (SSSR count). The number of rotatable bonds is 3. The van der Waals surface area contributed by atoms with E-state index < -0.39 is 12.1 Å². The number of nitrogens with zero attached hydrogens (tertiary/aromatic N) is 5. The van der Waals surface area contributed by atoms with Crippen molar-refractivity contribution in [2.75, 3.05) is 18.4 Å². The van der Waals surface area contributed by atoms with Gasteiger partial charge in [0.25, 0.3) is 0 Å². The number of aromatic nitrogens is 3. The maximum absolute atomic E-state index is 13.0. The van der Waals surface area contributed by atoms with Gasteiger partial charge in [-0.1, -0.05) is 6.08 Å². The molecule has 1 fully saturated rings.